The fraction of sp³-hybridized carbons (Fsp3) is 0.733. The normalized spacial score (nSPS) is 17.6. The van der Waals surface area contributed by atoms with E-state index in [2.05, 4.69) is 22.2 Å². The molecular weight excluding hydrogens is 238 g/mol. The van der Waals surface area contributed by atoms with Gasteiger partial charge in [-0.1, -0.05) is 32.6 Å². The van der Waals surface area contributed by atoms with E-state index in [0.717, 1.165) is 24.6 Å². The summed E-state index contributed by atoms with van der Waals surface area (Å²) >= 11 is 0. The Morgan fingerprint density at radius 1 is 1.37 bits per heavy atom. The van der Waals surface area contributed by atoms with Crippen LogP contribution in [0, 0.1) is 5.92 Å². The zero-order valence-electron chi connectivity index (χ0n) is 12.1. The van der Waals surface area contributed by atoms with Crippen LogP contribution in [0.3, 0.4) is 0 Å². The van der Waals surface area contributed by atoms with Crippen LogP contribution < -0.4 is 10.1 Å². The van der Waals surface area contributed by atoms with Crippen molar-refractivity contribution in [2.45, 2.75) is 51.5 Å². The van der Waals surface area contributed by atoms with Gasteiger partial charge in [0.05, 0.1) is 7.11 Å². The second-order valence-corrected chi connectivity index (χ2v) is 5.40. The van der Waals surface area contributed by atoms with E-state index in [9.17, 15) is 0 Å². The van der Waals surface area contributed by atoms with Crippen LogP contribution in [0.5, 0.6) is 5.88 Å². The second-order valence-electron chi connectivity index (χ2n) is 5.40. The Bertz CT molecular complexity index is 377. The first-order valence-electron chi connectivity index (χ1n) is 7.40. The molecule has 1 fully saturated rings. The van der Waals surface area contributed by atoms with Crippen LogP contribution >= 0.6 is 0 Å². The Kier molecular flexibility index (Phi) is 5.58. The topological polar surface area (TPSA) is 47.0 Å². The Balaban J connectivity index is 1.94. The molecule has 1 atom stereocenters. The summed E-state index contributed by atoms with van der Waals surface area (Å²) < 4.78 is 5.16. The molecule has 106 valence electrons. The SMILES string of the molecule is CCNC(Cc1cc(OC)ncn1)CC1CCCC1. The monoisotopic (exact) mass is 263 g/mol. The molecule has 0 radical (unpaired) electrons. The number of likely N-dealkylation sites (N-methyl/N-ethyl adjacent to an activating group) is 1. The first-order chi connectivity index (χ1) is 9.31. The summed E-state index contributed by atoms with van der Waals surface area (Å²) in [5, 5.41) is 3.59. The third-order valence-corrected chi connectivity index (χ3v) is 3.95. The maximum Gasteiger partial charge on any atom is 0.216 e. The number of methoxy groups -OCH3 is 1. The Labute approximate surface area is 116 Å². The number of hydrogen-bond donors (Lipinski definition) is 1. The van der Waals surface area contributed by atoms with Gasteiger partial charge in [-0.3, -0.25) is 0 Å². The van der Waals surface area contributed by atoms with E-state index in [-0.39, 0.29) is 0 Å². The summed E-state index contributed by atoms with van der Waals surface area (Å²) in [6.45, 7) is 3.18. The molecule has 1 aromatic rings. The lowest BCUT2D eigenvalue weighted by atomic mass is 9.95. The van der Waals surface area contributed by atoms with E-state index in [1.165, 1.54) is 32.1 Å². The van der Waals surface area contributed by atoms with E-state index in [1.54, 1.807) is 13.4 Å². The van der Waals surface area contributed by atoms with Crippen LogP contribution in [0.25, 0.3) is 0 Å². The lowest BCUT2D eigenvalue weighted by Crippen LogP contribution is -2.33. The number of nitrogens with one attached hydrogen (secondary N) is 1. The smallest absolute Gasteiger partial charge is 0.216 e. The zero-order valence-corrected chi connectivity index (χ0v) is 12.1. The Morgan fingerprint density at radius 2 is 2.16 bits per heavy atom. The molecule has 1 aliphatic carbocycles. The minimum Gasteiger partial charge on any atom is -0.481 e. The second kappa shape index (κ2) is 7.43. The highest BCUT2D eigenvalue weighted by molar-refractivity contribution is 5.14. The van der Waals surface area contributed by atoms with E-state index in [1.807, 2.05) is 6.07 Å². The van der Waals surface area contributed by atoms with E-state index in [4.69, 9.17) is 4.74 Å². The van der Waals surface area contributed by atoms with Crippen LogP contribution in [0.2, 0.25) is 0 Å². The van der Waals surface area contributed by atoms with Crippen LogP contribution in [-0.2, 0) is 6.42 Å². The predicted octanol–water partition coefficient (Wildman–Crippen LogP) is 2.59. The summed E-state index contributed by atoms with van der Waals surface area (Å²) in [6.07, 6.45) is 9.43. The molecule has 0 aromatic carbocycles. The number of nitrogens with zero attached hydrogens (tertiary/aromatic N) is 2. The molecule has 19 heavy (non-hydrogen) atoms. The highest BCUT2D eigenvalue weighted by Crippen LogP contribution is 2.29. The summed E-state index contributed by atoms with van der Waals surface area (Å²) in [5.74, 6) is 1.55. The molecule has 1 unspecified atom stereocenters. The fourth-order valence-corrected chi connectivity index (χ4v) is 3.03. The molecule has 0 saturated heterocycles. The molecule has 1 heterocycles. The van der Waals surface area contributed by atoms with Gasteiger partial charge in [0.1, 0.15) is 6.33 Å². The van der Waals surface area contributed by atoms with Crippen molar-refractivity contribution in [1.29, 1.82) is 0 Å². The van der Waals surface area contributed by atoms with Gasteiger partial charge in [-0.2, -0.15) is 0 Å². The van der Waals surface area contributed by atoms with Gasteiger partial charge in [0.2, 0.25) is 5.88 Å². The predicted molar refractivity (Wildman–Crippen MR) is 76.3 cm³/mol. The van der Waals surface area contributed by atoms with Crippen LogP contribution in [0.15, 0.2) is 12.4 Å². The number of rotatable bonds is 7. The van der Waals surface area contributed by atoms with Crippen molar-refractivity contribution < 1.29 is 4.74 Å². The highest BCUT2D eigenvalue weighted by Gasteiger charge is 2.20. The third-order valence-electron chi connectivity index (χ3n) is 3.95. The molecule has 0 amide bonds. The van der Waals surface area contributed by atoms with Crippen molar-refractivity contribution in [3.8, 4) is 5.88 Å². The zero-order chi connectivity index (χ0) is 13.5. The summed E-state index contributed by atoms with van der Waals surface area (Å²) in [4.78, 5) is 8.41. The maximum atomic E-state index is 5.16. The van der Waals surface area contributed by atoms with Crippen LogP contribution in [-0.4, -0.2) is 29.7 Å². The van der Waals surface area contributed by atoms with Gasteiger partial charge in [0, 0.05) is 24.2 Å². The minimum absolute atomic E-state index is 0.521. The fourth-order valence-electron chi connectivity index (χ4n) is 3.03. The van der Waals surface area contributed by atoms with Gasteiger partial charge in [0.25, 0.3) is 0 Å². The average molecular weight is 263 g/mol. The van der Waals surface area contributed by atoms with E-state index in [0.29, 0.717) is 11.9 Å². The molecule has 1 aliphatic rings. The standard InChI is InChI=1S/C15H25N3O/c1-3-16-13(8-12-6-4-5-7-12)9-14-10-15(19-2)18-11-17-14/h10-13,16H,3-9H2,1-2H3. The van der Waals surface area contributed by atoms with E-state index < -0.39 is 0 Å². The van der Waals surface area contributed by atoms with Crippen molar-refractivity contribution in [1.82, 2.24) is 15.3 Å². The molecule has 2 rings (SSSR count). The minimum atomic E-state index is 0.521. The molecule has 4 nitrogen and oxygen atoms in total. The molecule has 0 aliphatic heterocycles. The summed E-state index contributed by atoms with van der Waals surface area (Å²) in [6, 6.07) is 2.46. The quantitative estimate of drug-likeness (QED) is 0.821. The van der Waals surface area contributed by atoms with Crippen molar-refractivity contribution in [3.63, 3.8) is 0 Å². The molecule has 1 N–H and O–H groups in total. The average Bonchev–Trinajstić information content (AvgIpc) is 2.92. The van der Waals surface area contributed by atoms with Gasteiger partial charge < -0.3 is 10.1 Å². The van der Waals surface area contributed by atoms with Crippen molar-refractivity contribution in [2.75, 3.05) is 13.7 Å². The van der Waals surface area contributed by atoms with Gasteiger partial charge >= 0.3 is 0 Å². The summed E-state index contributed by atoms with van der Waals surface area (Å²) in [7, 11) is 1.65. The van der Waals surface area contributed by atoms with Crippen LogP contribution in [0.1, 0.15) is 44.7 Å². The van der Waals surface area contributed by atoms with Gasteiger partial charge in [-0.05, 0) is 18.9 Å². The molecule has 1 saturated carbocycles. The van der Waals surface area contributed by atoms with Crippen molar-refractivity contribution in [2.24, 2.45) is 5.92 Å². The van der Waals surface area contributed by atoms with Crippen molar-refractivity contribution in [3.05, 3.63) is 18.1 Å². The lowest BCUT2D eigenvalue weighted by Gasteiger charge is -2.21. The molecule has 1 aromatic heterocycles. The number of hydrogen-bond acceptors (Lipinski definition) is 4. The molecule has 0 spiro atoms. The van der Waals surface area contributed by atoms with Crippen molar-refractivity contribution >= 4 is 0 Å². The number of ether oxygens (including phenoxy) is 1. The Hall–Kier alpha value is -1.16. The molecule has 4 heteroatoms. The molecule has 0 bridgehead atoms. The molecular formula is C15H25N3O. The lowest BCUT2D eigenvalue weighted by molar-refractivity contribution is 0.382. The third kappa shape index (κ3) is 4.46. The first-order valence-corrected chi connectivity index (χ1v) is 7.40. The first kappa shape index (κ1) is 14.3. The summed E-state index contributed by atoms with van der Waals surface area (Å²) in [5.41, 5.74) is 1.07. The highest BCUT2D eigenvalue weighted by atomic mass is 16.5. The van der Waals surface area contributed by atoms with E-state index >= 15 is 0 Å². The van der Waals surface area contributed by atoms with Gasteiger partial charge in [-0.15, -0.1) is 0 Å². The van der Waals surface area contributed by atoms with Gasteiger partial charge in [-0.25, -0.2) is 9.97 Å². The maximum absolute atomic E-state index is 5.16. The van der Waals surface area contributed by atoms with Gasteiger partial charge in [0.15, 0.2) is 0 Å². The van der Waals surface area contributed by atoms with Crippen LogP contribution in [0.4, 0.5) is 0 Å². The largest absolute Gasteiger partial charge is 0.481 e. The number of aromatic nitrogens is 2. The Morgan fingerprint density at radius 3 is 2.84 bits per heavy atom.